The first-order valence-corrected chi connectivity index (χ1v) is 11.6. The van der Waals surface area contributed by atoms with Crippen molar-refractivity contribution < 1.29 is 14.3 Å². The smallest absolute Gasteiger partial charge is 0.237 e. The van der Waals surface area contributed by atoms with E-state index in [1.807, 2.05) is 24.1 Å². The monoisotopic (exact) mass is 437 g/mol. The average molecular weight is 438 g/mol. The molecule has 1 fully saturated rings. The van der Waals surface area contributed by atoms with Gasteiger partial charge in [0.1, 0.15) is 0 Å². The van der Waals surface area contributed by atoms with Gasteiger partial charge in [-0.15, -0.1) is 0 Å². The molecule has 172 valence electrons. The Hall–Kier alpha value is -2.73. The Balaban J connectivity index is 1.32. The van der Waals surface area contributed by atoms with Crippen molar-refractivity contribution in [3.05, 3.63) is 53.1 Å². The molecule has 0 aromatic heterocycles. The molecule has 4 rings (SSSR count). The van der Waals surface area contributed by atoms with E-state index in [1.165, 1.54) is 36.1 Å². The molecule has 2 aliphatic heterocycles. The molecule has 0 spiro atoms. The highest BCUT2D eigenvalue weighted by molar-refractivity contribution is 5.78. The summed E-state index contributed by atoms with van der Waals surface area (Å²) in [7, 11) is 5.31. The Morgan fingerprint density at radius 1 is 0.938 bits per heavy atom. The number of amides is 1. The van der Waals surface area contributed by atoms with E-state index in [-0.39, 0.29) is 5.91 Å². The molecule has 1 saturated heterocycles. The second-order valence-corrected chi connectivity index (χ2v) is 8.93. The van der Waals surface area contributed by atoms with E-state index < -0.39 is 0 Å². The molecule has 6 heteroatoms. The third-order valence-corrected chi connectivity index (χ3v) is 6.59. The van der Waals surface area contributed by atoms with Crippen LogP contribution in [-0.2, 0) is 24.3 Å². The largest absolute Gasteiger partial charge is 0.493 e. The molecule has 0 unspecified atom stereocenters. The molecule has 0 aliphatic carbocycles. The fraction of sp³-hybridized carbons (Fsp3) is 0.500. The van der Waals surface area contributed by atoms with E-state index in [1.54, 1.807) is 14.2 Å². The first-order valence-electron chi connectivity index (χ1n) is 11.6. The Labute approximate surface area is 191 Å². The quantitative estimate of drug-likeness (QED) is 0.661. The summed E-state index contributed by atoms with van der Waals surface area (Å²) in [5, 5.41) is 0. The van der Waals surface area contributed by atoms with Gasteiger partial charge in [-0.3, -0.25) is 9.69 Å². The van der Waals surface area contributed by atoms with Gasteiger partial charge in [-0.25, -0.2) is 0 Å². The Morgan fingerprint density at radius 2 is 1.59 bits per heavy atom. The van der Waals surface area contributed by atoms with Crippen molar-refractivity contribution in [2.24, 2.45) is 0 Å². The van der Waals surface area contributed by atoms with E-state index in [2.05, 4.69) is 34.1 Å². The number of hydrogen-bond donors (Lipinski definition) is 0. The van der Waals surface area contributed by atoms with Gasteiger partial charge in [0, 0.05) is 38.4 Å². The number of fused-ring (bicyclic) bond motifs is 1. The van der Waals surface area contributed by atoms with E-state index in [0.29, 0.717) is 18.8 Å². The molecule has 6 nitrogen and oxygen atoms in total. The Morgan fingerprint density at radius 3 is 2.25 bits per heavy atom. The maximum atomic E-state index is 13.0. The highest BCUT2D eigenvalue weighted by Crippen LogP contribution is 2.33. The molecular weight excluding hydrogens is 402 g/mol. The number of rotatable bonds is 7. The Kier molecular flexibility index (Phi) is 7.20. The number of piperidine rings is 1. The van der Waals surface area contributed by atoms with Crippen LogP contribution in [0.4, 0.5) is 5.69 Å². The predicted octanol–water partition coefficient (Wildman–Crippen LogP) is 3.71. The van der Waals surface area contributed by atoms with Gasteiger partial charge in [-0.05, 0) is 73.7 Å². The minimum Gasteiger partial charge on any atom is -0.493 e. The molecule has 0 radical (unpaired) electrons. The molecule has 2 aromatic carbocycles. The van der Waals surface area contributed by atoms with E-state index in [4.69, 9.17) is 9.47 Å². The molecule has 0 N–H and O–H groups in total. The molecule has 2 aliphatic rings. The summed E-state index contributed by atoms with van der Waals surface area (Å²) in [6, 6.07) is 12.9. The molecule has 0 saturated carbocycles. The number of anilines is 1. The van der Waals surface area contributed by atoms with Crippen LogP contribution in [0.25, 0.3) is 0 Å². The number of hydrogen-bond acceptors (Lipinski definition) is 5. The van der Waals surface area contributed by atoms with Crippen LogP contribution in [0.2, 0.25) is 0 Å². The van der Waals surface area contributed by atoms with Gasteiger partial charge < -0.3 is 19.3 Å². The number of carbonyl (C=O) groups is 1. The van der Waals surface area contributed by atoms with Crippen molar-refractivity contribution in [3.63, 3.8) is 0 Å². The standard InChI is InChI=1S/C26H35N3O3/c1-27(17-20-7-9-23(10-8-20)28-12-5-4-6-13-28)19-26(30)29-14-11-21-15-24(31-2)25(32-3)16-22(21)18-29/h7-10,15-16H,4-6,11-14,17-19H2,1-3H3. The van der Waals surface area contributed by atoms with Crippen molar-refractivity contribution >= 4 is 11.6 Å². The maximum Gasteiger partial charge on any atom is 0.237 e. The van der Waals surface area contributed by atoms with Gasteiger partial charge in [0.2, 0.25) is 5.91 Å². The van der Waals surface area contributed by atoms with Gasteiger partial charge in [0.05, 0.1) is 20.8 Å². The number of methoxy groups -OCH3 is 2. The molecule has 1 amide bonds. The zero-order valence-corrected chi connectivity index (χ0v) is 19.6. The lowest BCUT2D eigenvalue weighted by molar-refractivity contribution is -0.133. The van der Waals surface area contributed by atoms with Gasteiger partial charge >= 0.3 is 0 Å². The number of carbonyl (C=O) groups excluding carboxylic acids is 1. The normalized spacial score (nSPS) is 16.1. The van der Waals surface area contributed by atoms with Crippen LogP contribution in [0, 0.1) is 0 Å². The zero-order chi connectivity index (χ0) is 22.5. The first kappa shape index (κ1) is 22.5. The topological polar surface area (TPSA) is 45.3 Å². The Bertz CT molecular complexity index is 923. The minimum atomic E-state index is 0.165. The molecule has 2 aromatic rings. The number of likely N-dealkylation sites (N-methyl/N-ethyl adjacent to an activating group) is 1. The maximum absolute atomic E-state index is 13.0. The van der Waals surface area contributed by atoms with Gasteiger partial charge in [0.15, 0.2) is 11.5 Å². The van der Waals surface area contributed by atoms with Crippen LogP contribution < -0.4 is 14.4 Å². The fourth-order valence-electron chi connectivity index (χ4n) is 4.76. The SMILES string of the molecule is COc1cc2c(cc1OC)CN(C(=O)CN(C)Cc1ccc(N3CCCCC3)cc1)CC2. The van der Waals surface area contributed by atoms with Crippen LogP contribution in [0.15, 0.2) is 36.4 Å². The van der Waals surface area contributed by atoms with E-state index in [0.717, 1.165) is 43.9 Å². The molecule has 0 atom stereocenters. The molecule has 2 heterocycles. The summed E-state index contributed by atoms with van der Waals surface area (Å²) >= 11 is 0. The van der Waals surface area contributed by atoms with Crippen LogP contribution in [0.1, 0.15) is 36.0 Å². The predicted molar refractivity (Wildman–Crippen MR) is 128 cm³/mol. The second kappa shape index (κ2) is 10.3. The lowest BCUT2D eigenvalue weighted by Crippen LogP contribution is -2.41. The van der Waals surface area contributed by atoms with Gasteiger partial charge in [-0.1, -0.05) is 12.1 Å². The van der Waals surface area contributed by atoms with Crippen molar-refractivity contribution in [1.82, 2.24) is 9.80 Å². The van der Waals surface area contributed by atoms with Crippen molar-refractivity contribution in [2.45, 2.75) is 38.8 Å². The first-order chi connectivity index (χ1) is 15.6. The van der Waals surface area contributed by atoms with E-state index in [9.17, 15) is 4.79 Å². The summed E-state index contributed by atoms with van der Waals surface area (Å²) in [6.45, 7) is 4.85. The third-order valence-electron chi connectivity index (χ3n) is 6.59. The third kappa shape index (κ3) is 5.18. The highest BCUT2D eigenvalue weighted by Gasteiger charge is 2.23. The van der Waals surface area contributed by atoms with Gasteiger partial charge in [0.25, 0.3) is 0 Å². The summed E-state index contributed by atoms with van der Waals surface area (Å²) in [5.74, 6) is 1.63. The summed E-state index contributed by atoms with van der Waals surface area (Å²) < 4.78 is 10.8. The zero-order valence-electron chi connectivity index (χ0n) is 19.6. The van der Waals surface area contributed by atoms with Crippen LogP contribution in [0.5, 0.6) is 11.5 Å². The van der Waals surface area contributed by atoms with E-state index >= 15 is 0 Å². The van der Waals surface area contributed by atoms with Crippen molar-refractivity contribution in [3.8, 4) is 11.5 Å². The number of ether oxygens (including phenoxy) is 2. The molecule has 0 bridgehead atoms. The minimum absolute atomic E-state index is 0.165. The highest BCUT2D eigenvalue weighted by atomic mass is 16.5. The summed E-state index contributed by atoms with van der Waals surface area (Å²) in [4.78, 5) is 19.5. The summed E-state index contributed by atoms with van der Waals surface area (Å²) in [5.41, 5.74) is 4.92. The van der Waals surface area contributed by atoms with Crippen LogP contribution in [0.3, 0.4) is 0 Å². The van der Waals surface area contributed by atoms with Crippen LogP contribution >= 0.6 is 0 Å². The summed E-state index contributed by atoms with van der Waals surface area (Å²) in [6.07, 6.45) is 4.75. The number of benzene rings is 2. The molecule has 32 heavy (non-hydrogen) atoms. The second-order valence-electron chi connectivity index (χ2n) is 8.93. The average Bonchev–Trinajstić information content (AvgIpc) is 2.83. The van der Waals surface area contributed by atoms with Gasteiger partial charge in [-0.2, -0.15) is 0 Å². The van der Waals surface area contributed by atoms with Crippen molar-refractivity contribution in [1.29, 1.82) is 0 Å². The lowest BCUT2D eigenvalue weighted by Gasteiger charge is -2.31. The molecular formula is C26H35N3O3. The van der Waals surface area contributed by atoms with Crippen LogP contribution in [-0.4, -0.2) is 63.2 Å². The lowest BCUT2D eigenvalue weighted by atomic mass is 9.98. The van der Waals surface area contributed by atoms with Crippen molar-refractivity contribution in [2.75, 3.05) is 52.3 Å². The fourth-order valence-corrected chi connectivity index (χ4v) is 4.76. The number of nitrogens with zero attached hydrogens (tertiary/aromatic N) is 3.